The van der Waals surface area contributed by atoms with Crippen LogP contribution in [0.4, 0.5) is 0 Å². The van der Waals surface area contributed by atoms with Crippen LogP contribution < -0.4 is 0 Å². The molecule has 0 aliphatic heterocycles. The van der Waals surface area contributed by atoms with Gasteiger partial charge in [0.2, 0.25) is 0 Å². The van der Waals surface area contributed by atoms with Gasteiger partial charge in [0.1, 0.15) is 0 Å². The lowest BCUT2D eigenvalue weighted by Crippen LogP contribution is -2.00. The highest BCUT2D eigenvalue weighted by molar-refractivity contribution is 6.11. The van der Waals surface area contributed by atoms with E-state index in [9.17, 15) is 0 Å². The normalized spacial score (nSPS) is 11.4. The van der Waals surface area contributed by atoms with Crippen molar-refractivity contribution in [2.24, 2.45) is 5.11 Å². The van der Waals surface area contributed by atoms with Gasteiger partial charge in [-0.1, -0.05) is 56.3 Å². The van der Waals surface area contributed by atoms with Crippen molar-refractivity contribution in [3.05, 3.63) is 83.4 Å². The van der Waals surface area contributed by atoms with Crippen LogP contribution in [-0.4, -0.2) is 10.4 Å². The largest absolute Gasteiger partial charge is 0.336 e. The standard InChI is InChI=1S/C23H22N4/c1-15(2)17-9-7-16(8-10-17)14-27-21-6-4-3-5-19(21)20-13-18(23(24)26-25)11-12-22(20)27/h3-13,15,24-25H,14H2,1-2H3. The molecule has 4 nitrogen and oxygen atoms in total. The summed E-state index contributed by atoms with van der Waals surface area (Å²) >= 11 is 0. The Labute approximate surface area is 158 Å². The van der Waals surface area contributed by atoms with Gasteiger partial charge >= 0.3 is 0 Å². The minimum atomic E-state index is -0.0157. The molecule has 0 bridgehead atoms. The Morgan fingerprint density at radius 2 is 1.63 bits per heavy atom. The fraction of sp³-hybridized carbons (Fsp3) is 0.174. The second kappa shape index (κ2) is 6.80. The number of rotatable bonds is 4. The number of fused-ring (bicyclic) bond motifs is 3. The number of nitrogens with one attached hydrogen (secondary N) is 2. The average Bonchev–Trinajstić information content (AvgIpc) is 3.01. The first-order chi connectivity index (χ1) is 13.1. The van der Waals surface area contributed by atoms with Crippen molar-refractivity contribution in [3.63, 3.8) is 0 Å². The molecule has 1 aromatic heterocycles. The molecule has 0 aliphatic rings. The number of amidine groups is 1. The third kappa shape index (κ3) is 3.04. The van der Waals surface area contributed by atoms with Gasteiger partial charge in [-0.05, 0) is 41.3 Å². The molecule has 4 aromatic rings. The Hall–Kier alpha value is -3.27. The fourth-order valence-corrected chi connectivity index (χ4v) is 3.63. The maximum absolute atomic E-state index is 7.84. The molecule has 3 aromatic carbocycles. The van der Waals surface area contributed by atoms with E-state index in [4.69, 9.17) is 10.9 Å². The Morgan fingerprint density at radius 3 is 2.33 bits per heavy atom. The minimum Gasteiger partial charge on any atom is -0.336 e. The summed E-state index contributed by atoms with van der Waals surface area (Å²) in [7, 11) is 0. The molecule has 0 saturated carbocycles. The van der Waals surface area contributed by atoms with Gasteiger partial charge in [-0.3, -0.25) is 5.41 Å². The van der Waals surface area contributed by atoms with E-state index in [0.717, 1.165) is 22.8 Å². The van der Waals surface area contributed by atoms with E-state index in [-0.39, 0.29) is 5.84 Å². The fourth-order valence-electron chi connectivity index (χ4n) is 3.63. The van der Waals surface area contributed by atoms with Crippen LogP contribution in [0.25, 0.3) is 21.8 Å². The SMILES string of the molecule is CC(C)c1ccc(Cn2c3ccccc3c3cc(C(=N)N=N)ccc32)cc1. The molecule has 0 amide bonds. The van der Waals surface area contributed by atoms with Crippen LogP contribution in [0, 0.1) is 10.9 Å². The molecule has 0 aliphatic carbocycles. The first kappa shape index (κ1) is 17.2. The molecule has 0 radical (unpaired) electrons. The highest BCUT2D eigenvalue weighted by Gasteiger charge is 2.12. The van der Waals surface area contributed by atoms with Crippen molar-refractivity contribution in [2.75, 3.05) is 0 Å². The number of aromatic nitrogens is 1. The summed E-state index contributed by atoms with van der Waals surface area (Å²) in [6.07, 6.45) is 0. The van der Waals surface area contributed by atoms with E-state index in [1.54, 1.807) is 0 Å². The smallest absolute Gasteiger partial charge is 0.173 e. The topological polar surface area (TPSA) is 65.0 Å². The highest BCUT2D eigenvalue weighted by atomic mass is 15.0. The van der Waals surface area contributed by atoms with Crippen LogP contribution in [0.3, 0.4) is 0 Å². The number of benzene rings is 3. The van der Waals surface area contributed by atoms with E-state index in [1.165, 1.54) is 16.6 Å². The molecule has 134 valence electrons. The van der Waals surface area contributed by atoms with Crippen molar-refractivity contribution < 1.29 is 0 Å². The molecule has 4 heteroatoms. The van der Waals surface area contributed by atoms with Crippen LogP contribution in [0.2, 0.25) is 0 Å². The first-order valence-corrected chi connectivity index (χ1v) is 9.14. The predicted octanol–water partition coefficient (Wildman–Crippen LogP) is 6.32. The van der Waals surface area contributed by atoms with Crippen molar-refractivity contribution >= 4 is 27.6 Å². The van der Waals surface area contributed by atoms with Crippen LogP contribution >= 0.6 is 0 Å². The zero-order valence-corrected chi connectivity index (χ0v) is 15.5. The lowest BCUT2D eigenvalue weighted by atomic mass is 10.0. The van der Waals surface area contributed by atoms with E-state index in [2.05, 4.69) is 66.0 Å². The molecule has 0 saturated heterocycles. The van der Waals surface area contributed by atoms with Gasteiger partial charge in [-0.15, -0.1) is 5.11 Å². The average molecular weight is 354 g/mol. The Morgan fingerprint density at radius 1 is 0.926 bits per heavy atom. The molecule has 0 unspecified atom stereocenters. The Kier molecular flexibility index (Phi) is 4.32. The van der Waals surface area contributed by atoms with Gasteiger partial charge in [-0.25, -0.2) is 5.53 Å². The summed E-state index contributed by atoms with van der Waals surface area (Å²) in [5.41, 5.74) is 12.7. The Balaban J connectivity index is 1.85. The lowest BCUT2D eigenvalue weighted by Gasteiger charge is -2.10. The second-order valence-electron chi connectivity index (χ2n) is 7.19. The zero-order chi connectivity index (χ0) is 19.0. The first-order valence-electron chi connectivity index (χ1n) is 9.14. The summed E-state index contributed by atoms with van der Waals surface area (Å²) < 4.78 is 2.32. The zero-order valence-electron chi connectivity index (χ0n) is 15.5. The molecule has 2 N–H and O–H groups in total. The van der Waals surface area contributed by atoms with E-state index in [1.807, 2.05) is 24.3 Å². The van der Waals surface area contributed by atoms with Gasteiger partial charge < -0.3 is 4.57 Å². The van der Waals surface area contributed by atoms with E-state index < -0.39 is 0 Å². The monoisotopic (exact) mass is 354 g/mol. The molecule has 0 spiro atoms. The Bertz CT molecular complexity index is 1150. The van der Waals surface area contributed by atoms with Crippen molar-refractivity contribution in [3.8, 4) is 0 Å². The number of nitrogens with zero attached hydrogens (tertiary/aromatic N) is 2. The quantitative estimate of drug-likeness (QED) is 0.245. The van der Waals surface area contributed by atoms with Gasteiger partial charge in [-0.2, -0.15) is 0 Å². The lowest BCUT2D eigenvalue weighted by molar-refractivity contribution is 0.849. The highest BCUT2D eigenvalue weighted by Crippen LogP contribution is 2.31. The molecule has 0 atom stereocenters. The third-order valence-corrected chi connectivity index (χ3v) is 5.14. The van der Waals surface area contributed by atoms with Gasteiger partial charge in [0.25, 0.3) is 0 Å². The summed E-state index contributed by atoms with van der Waals surface area (Å²) in [6, 6.07) is 23.1. The molecular formula is C23H22N4. The summed E-state index contributed by atoms with van der Waals surface area (Å²) in [4.78, 5) is 0. The van der Waals surface area contributed by atoms with E-state index in [0.29, 0.717) is 11.5 Å². The summed E-state index contributed by atoms with van der Waals surface area (Å²) in [5.74, 6) is 0.515. The molecule has 0 fully saturated rings. The van der Waals surface area contributed by atoms with Crippen LogP contribution in [0.5, 0.6) is 0 Å². The molecule has 1 heterocycles. The number of para-hydroxylation sites is 1. The van der Waals surface area contributed by atoms with Gasteiger partial charge in [0, 0.05) is 33.9 Å². The summed E-state index contributed by atoms with van der Waals surface area (Å²) in [5, 5.41) is 13.4. The van der Waals surface area contributed by atoms with Crippen LogP contribution in [0.1, 0.15) is 36.5 Å². The maximum atomic E-state index is 7.84. The maximum Gasteiger partial charge on any atom is 0.173 e. The minimum absolute atomic E-state index is 0.0157. The van der Waals surface area contributed by atoms with Crippen molar-refractivity contribution in [1.29, 1.82) is 10.9 Å². The summed E-state index contributed by atoms with van der Waals surface area (Å²) in [6.45, 7) is 5.21. The van der Waals surface area contributed by atoms with Crippen molar-refractivity contribution in [1.82, 2.24) is 4.57 Å². The van der Waals surface area contributed by atoms with E-state index >= 15 is 0 Å². The van der Waals surface area contributed by atoms with Gasteiger partial charge in [0.05, 0.1) is 0 Å². The van der Waals surface area contributed by atoms with Crippen LogP contribution in [-0.2, 0) is 6.54 Å². The van der Waals surface area contributed by atoms with Crippen molar-refractivity contribution in [2.45, 2.75) is 26.3 Å². The third-order valence-electron chi connectivity index (χ3n) is 5.14. The van der Waals surface area contributed by atoms with Gasteiger partial charge in [0.15, 0.2) is 5.84 Å². The number of hydrogen-bond donors (Lipinski definition) is 2. The number of hydrogen-bond acceptors (Lipinski definition) is 2. The molecule has 27 heavy (non-hydrogen) atoms. The predicted molar refractivity (Wildman–Crippen MR) is 111 cm³/mol. The molecule has 4 rings (SSSR count). The molecular weight excluding hydrogens is 332 g/mol. The second-order valence-corrected chi connectivity index (χ2v) is 7.19. The van der Waals surface area contributed by atoms with Crippen LogP contribution in [0.15, 0.2) is 71.8 Å².